The van der Waals surface area contributed by atoms with Crippen LogP contribution in [0.4, 0.5) is 0 Å². The molecular formula is C21H23ClN6. The van der Waals surface area contributed by atoms with Crippen molar-refractivity contribution in [3.05, 3.63) is 65.5 Å². The Morgan fingerprint density at radius 3 is 2.93 bits per heavy atom. The summed E-state index contributed by atoms with van der Waals surface area (Å²) in [7, 11) is 0. The molecule has 0 spiro atoms. The molecule has 28 heavy (non-hydrogen) atoms. The Hall–Kier alpha value is -2.31. The van der Waals surface area contributed by atoms with Crippen molar-refractivity contribution in [1.82, 2.24) is 30.3 Å². The molecule has 144 valence electrons. The molecule has 0 saturated heterocycles. The molecule has 3 heterocycles. The smallest absolute Gasteiger partial charge is 0.151 e. The normalized spacial score (nSPS) is 26.9. The van der Waals surface area contributed by atoms with Crippen LogP contribution in [0.1, 0.15) is 54.7 Å². The van der Waals surface area contributed by atoms with Gasteiger partial charge in [-0.25, -0.2) is 0 Å². The van der Waals surface area contributed by atoms with Crippen molar-refractivity contribution in [3.8, 4) is 5.69 Å². The van der Waals surface area contributed by atoms with Gasteiger partial charge >= 0.3 is 0 Å². The molecule has 1 N–H and O–H groups in total. The fourth-order valence-corrected chi connectivity index (χ4v) is 5.24. The first kappa shape index (κ1) is 17.8. The first-order chi connectivity index (χ1) is 13.6. The highest BCUT2D eigenvalue weighted by Gasteiger charge is 2.40. The monoisotopic (exact) mass is 394 g/mol. The number of fused-ring (bicyclic) bond motifs is 3. The lowest BCUT2D eigenvalue weighted by atomic mass is 9.70. The summed E-state index contributed by atoms with van der Waals surface area (Å²) in [4.78, 5) is -0.338. The number of rotatable bonds is 2. The fourth-order valence-electron chi connectivity index (χ4n) is 4.77. The summed E-state index contributed by atoms with van der Waals surface area (Å²) in [5, 5.41) is 20.1. The largest absolute Gasteiger partial charge is 0.306 e. The Balaban J connectivity index is 1.43. The fraction of sp³-hybridized carbons (Fsp3) is 0.429. The summed E-state index contributed by atoms with van der Waals surface area (Å²) in [6.45, 7) is 3.80. The molecule has 2 aromatic heterocycles. The maximum absolute atomic E-state index is 7.22. The molecule has 2 aliphatic rings. The van der Waals surface area contributed by atoms with Gasteiger partial charge in [0.05, 0.1) is 22.8 Å². The zero-order valence-electron chi connectivity index (χ0n) is 15.8. The topological polar surface area (TPSA) is 68.5 Å². The highest BCUT2D eigenvalue weighted by Crippen LogP contribution is 2.50. The summed E-state index contributed by atoms with van der Waals surface area (Å²) in [5.74, 6) is 1.80. The van der Waals surface area contributed by atoms with Gasteiger partial charge in [-0.3, -0.25) is 4.57 Å². The summed E-state index contributed by atoms with van der Waals surface area (Å²) in [6.07, 6.45) is 6.40. The lowest BCUT2D eigenvalue weighted by molar-refractivity contribution is 0.265. The van der Waals surface area contributed by atoms with Crippen molar-refractivity contribution in [3.63, 3.8) is 0 Å². The minimum absolute atomic E-state index is 0.338. The van der Waals surface area contributed by atoms with Crippen LogP contribution in [0, 0.1) is 5.92 Å². The van der Waals surface area contributed by atoms with Gasteiger partial charge in [0.2, 0.25) is 0 Å². The Bertz CT molecular complexity index is 988. The van der Waals surface area contributed by atoms with Crippen LogP contribution in [0.5, 0.6) is 0 Å². The summed E-state index contributed by atoms with van der Waals surface area (Å²) < 4.78 is 2.06. The van der Waals surface area contributed by atoms with Gasteiger partial charge in [0.1, 0.15) is 6.33 Å². The van der Waals surface area contributed by atoms with Crippen LogP contribution >= 0.6 is 11.6 Å². The molecular weight excluding hydrogens is 372 g/mol. The van der Waals surface area contributed by atoms with Crippen LogP contribution in [0.15, 0.2) is 42.9 Å². The van der Waals surface area contributed by atoms with Crippen molar-refractivity contribution < 1.29 is 0 Å². The van der Waals surface area contributed by atoms with Crippen LogP contribution in [0.25, 0.3) is 5.69 Å². The molecule has 0 radical (unpaired) electrons. The molecule has 1 fully saturated rings. The van der Waals surface area contributed by atoms with E-state index in [0.29, 0.717) is 18.4 Å². The third-order valence-corrected chi connectivity index (χ3v) is 6.79. The van der Waals surface area contributed by atoms with Crippen LogP contribution in [-0.4, -0.2) is 25.0 Å². The number of alkyl halides is 1. The van der Waals surface area contributed by atoms with E-state index in [1.54, 1.807) is 12.5 Å². The van der Waals surface area contributed by atoms with Crippen molar-refractivity contribution in [1.29, 1.82) is 0 Å². The first-order valence-electron chi connectivity index (χ1n) is 9.84. The standard InChI is InChI=1S/C21H23ClN6/c1-14-10-21(22,7-6-17(14)18-3-2-8-24-26-18)16-4-5-19-15(9-16)11-23-12-20-27-25-13-28(19)20/h2-5,8-9,13-14,17,23H,6-7,10-12H2,1H3. The zero-order chi connectivity index (χ0) is 19.1. The van der Waals surface area contributed by atoms with Crippen LogP contribution < -0.4 is 5.32 Å². The van der Waals surface area contributed by atoms with Crippen LogP contribution in [0.3, 0.4) is 0 Å². The molecule has 6 nitrogen and oxygen atoms in total. The molecule has 1 aliphatic heterocycles. The number of hydrogen-bond acceptors (Lipinski definition) is 5. The molecule has 1 aromatic carbocycles. The number of nitrogens with zero attached hydrogens (tertiary/aromatic N) is 5. The SMILES string of the molecule is CC1CC(Cl)(c2ccc3c(c2)CNCc2nncn2-3)CCC1c1cccnn1. The maximum Gasteiger partial charge on any atom is 0.151 e. The minimum atomic E-state index is -0.338. The molecule has 5 rings (SSSR count). The summed E-state index contributed by atoms with van der Waals surface area (Å²) >= 11 is 7.22. The second-order valence-corrected chi connectivity index (χ2v) is 8.73. The predicted molar refractivity (Wildman–Crippen MR) is 107 cm³/mol. The number of aromatic nitrogens is 5. The van der Waals surface area contributed by atoms with Crippen molar-refractivity contribution in [2.75, 3.05) is 0 Å². The zero-order valence-corrected chi connectivity index (χ0v) is 16.6. The van der Waals surface area contributed by atoms with E-state index in [-0.39, 0.29) is 4.87 Å². The quantitative estimate of drug-likeness (QED) is 0.671. The Kier molecular flexibility index (Phi) is 4.40. The highest BCUT2D eigenvalue weighted by atomic mass is 35.5. The van der Waals surface area contributed by atoms with Gasteiger partial charge in [-0.05, 0) is 54.5 Å². The number of halogens is 1. The third kappa shape index (κ3) is 3.01. The van der Waals surface area contributed by atoms with Gasteiger partial charge in [-0.2, -0.15) is 10.2 Å². The molecule has 3 unspecified atom stereocenters. The van der Waals surface area contributed by atoms with E-state index in [2.05, 4.69) is 61.5 Å². The Morgan fingerprint density at radius 1 is 1.18 bits per heavy atom. The molecule has 0 bridgehead atoms. The van der Waals surface area contributed by atoms with Crippen molar-refractivity contribution in [2.45, 2.75) is 50.1 Å². The number of nitrogens with one attached hydrogen (secondary N) is 1. The summed E-state index contributed by atoms with van der Waals surface area (Å²) in [6, 6.07) is 10.7. The minimum Gasteiger partial charge on any atom is -0.306 e. The maximum atomic E-state index is 7.22. The van der Waals surface area contributed by atoms with Crippen molar-refractivity contribution in [2.24, 2.45) is 5.92 Å². The lowest BCUT2D eigenvalue weighted by Gasteiger charge is -2.40. The molecule has 1 saturated carbocycles. The molecule has 3 atom stereocenters. The van der Waals surface area contributed by atoms with Gasteiger partial charge in [-0.15, -0.1) is 21.8 Å². The second kappa shape index (κ2) is 6.94. The lowest BCUT2D eigenvalue weighted by Crippen LogP contribution is -2.31. The predicted octanol–water partition coefficient (Wildman–Crippen LogP) is 3.70. The van der Waals surface area contributed by atoms with E-state index in [1.165, 1.54) is 11.1 Å². The third-order valence-electron chi connectivity index (χ3n) is 6.23. The van der Waals surface area contributed by atoms with Gasteiger partial charge < -0.3 is 5.32 Å². The second-order valence-electron chi connectivity index (χ2n) is 8.00. The van der Waals surface area contributed by atoms with E-state index in [9.17, 15) is 0 Å². The van der Waals surface area contributed by atoms with E-state index in [1.807, 2.05) is 6.07 Å². The van der Waals surface area contributed by atoms with Gasteiger partial charge in [0.15, 0.2) is 5.82 Å². The van der Waals surface area contributed by atoms with Gasteiger partial charge in [-0.1, -0.05) is 19.1 Å². The van der Waals surface area contributed by atoms with Crippen LogP contribution in [0.2, 0.25) is 0 Å². The molecule has 1 aliphatic carbocycles. The van der Waals surface area contributed by atoms with Gasteiger partial charge in [0, 0.05) is 18.7 Å². The van der Waals surface area contributed by atoms with E-state index < -0.39 is 0 Å². The number of benzene rings is 1. The average molecular weight is 395 g/mol. The first-order valence-corrected chi connectivity index (χ1v) is 10.2. The average Bonchev–Trinajstić information content (AvgIpc) is 3.10. The molecule has 7 heteroatoms. The molecule has 3 aromatic rings. The number of hydrogen-bond donors (Lipinski definition) is 1. The summed E-state index contributed by atoms with van der Waals surface area (Å²) in [5.41, 5.74) is 4.66. The van der Waals surface area contributed by atoms with E-state index in [0.717, 1.165) is 43.0 Å². The Labute approximate surface area is 169 Å². The van der Waals surface area contributed by atoms with Crippen molar-refractivity contribution >= 4 is 11.6 Å². The van der Waals surface area contributed by atoms with E-state index in [4.69, 9.17) is 11.6 Å². The van der Waals surface area contributed by atoms with E-state index >= 15 is 0 Å². The Morgan fingerprint density at radius 2 is 2.11 bits per heavy atom. The highest BCUT2D eigenvalue weighted by molar-refractivity contribution is 6.24. The van der Waals surface area contributed by atoms with Crippen LogP contribution in [-0.2, 0) is 18.0 Å². The van der Waals surface area contributed by atoms with Gasteiger partial charge in [0.25, 0.3) is 0 Å². The molecule has 0 amide bonds.